The van der Waals surface area contributed by atoms with Crippen molar-refractivity contribution in [3.8, 4) is 33.4 Å². The molecule has 8 aromatic rings. The lowest BCUT2D eigenvalue weighted by molar-refractivity contribution is 0.589. The Morgan fingerprint density at radius 2 is 1.07 bits per heavy atom. The highest BCUT2D eigenvalue weighted by Crippen LogP contribution is 2.56. The van der Waals surface area contributed by atoms with Crippen LogP contribution in [0.15, 0.2) is 138 Å². The van der Waals surface area contributed by atoms with E-state index in [0.29, 0.717) is 5.92 Å². The average molecular weight is 756 g/mol. The number of nitrogens with zero attached hydrogens (tertiary/aromatic N) is 1. The quantitative estimate of drug-likeness (QED) is 0.174. The highest BCUT2D eigenvalue weighted by atomic mass is 16.3. The van der Waals surface area contributed by atoms with Crippen molar-refractivity contribution in [1.29, 1.82) is 0 Å². The second-order valence-electron chi connectivity index (χ2n) is 19.2. The first kappa shape index (κ1) is 36.5. The molecule has 0 saturated heterocycles. The largest absolute Gasteiger partial charge is 0.455 e. The van der Waals surface area contributed by atoms with Gasteiger partial charge in [0.2, 0.25) is 0 Å². The first-order chi connectivity index (χ1) is 27.7. The normalized spacial score (nSPS) is 14.8. The first-order valence-electron chi connectivity index (χ1n) is 21.1. The van der Waals surface area contributed by atoms with E-state index < -0.39 is 0 Å². The summed E-state index contributed by atoms with van der Waals surface area (Å²) < 4.78 is 6.98. The number of aryl methyl sites for hydroxylation is 1. The third-order valence-electron chi connectivity index (χ3n) is 13.5. The zero-order chi connectivity index (χ0) is 40.5. The smallest absolute Gasteiger partial charge is 0.143 e. The molecule has 2 aliphatic rings. The molecule has 2 aliphatic carbocycles. The molecule has 0 fully saturated rings. The summed E-state index contributed by atoms with van der Waals surface area (Å²) in [5.74, 6) is 0.350. The molecular weight excluding hydrogens is 703 g/mol. The monoisotopic (exact) mass is 755 g/mol. The van der Waals surface area contributed by atoms with E-state index in [1.54, 1.807) is 0 Å². The van der Waals surface area contributed by atoms with E-state index in [4.69, 9.17) is 4.42 Å². The van der Waals surface area contributed by atoms with Gasteiger partial charge in [-0.15, -0.1) is 0 Å². The number of rotatable bonds is 5. The lowest BCUT2D eigenvalue weighted by Gasteiger charge is -2.32. The Morgan fingerprint density at radius 3 is 1.79 bits per heavy atom. The molecular formula is C56H53NO. The number of hydrogen-bond donors (Lipinski definition) is 0. The van der Waals surface area contributed by atoms with Crippen LogP contribution in [-0.4, -0.2) is 0 Å². The van der Waals surface area contributed by atoms with Crippen LogP contribution >= 0.6 is 0 Å². The Kier molecular flexibility index (Phi) is 7.90. The highest BCUT2D eigenvalue weighted by Gasteiger charge is 2.40. The second kappa shape index (κ2) is 12.6. The molecule has 0 aliphatic heterocycles. The van der Waals surface area contributed by atoms with Gasteiger partial charge in [-0.05, 0) is 104 Å². The van der Waals surface area contributed by atoms with Crippen molar-refractivity contribution in [1.82, 2.24) is 0 Å². The van der Waals surface area contributed by atoms with Gasteiger partial charge in [0, 0.05) is 44.1 Å². The number of benzene rings is 7. The minimum atomic E-state index is -0.169. The summed E-state index contributed by atoms with van der Waals surface area (Å²) >= 11 is 0. The Morgan fingerprint density at radius 1 is 0.517 bits per heavy atom. The lowest BCUT2D eigenvalue weighted by Crippen LogP contribution is -2.19. The van der Waals surface area contributed by atoms with E-state index in [-0.39, 0.29) is 16.2 Å². The van der Waals surface area contributed by atoms with Gasteiger partial charge < -0.3 is 9.32 Å². The van der Waals surface area contributed by atoms with Gasteiger partial charge in [-0.1, -0.05) is 172 Å². The molecule has 0 amide bonds. The zero-order valence-electron chi connectivity index (χ0n) is 35.6. The average Bonchev–Trinajstić information content (AvgIpc) is 3.78. The van der Waals surface area contributed by atoms with Gasteiger partial charge in [0.1, 0.15) is 11.2 Å². The van der Waals surface area contributed by atoms with Gasteiger partial charge in [-0.2, -0.15) is 0 Å². The minimum Gasteiger partial charge on any atom is -0.455 e. The molecule has 1 heterocycles. The van der Waals surface area contributed by atoms with Crippen molar-refractivity contribution < 1.29 is 4.42 Å². The number of hydrogen-bond acceptors (Lipinski definition) is 2. The van der Waals surface area contributed by atoms with Gasteiger partial charge in [-0.3, -0.25) is 0 Å². The summed E-state index contributed by atoms with van der Waals surface area (Å²) in [5, 5.41) is 2.32. The van der Waals surface area contributed by atoms with E-state index in [2.05, 4.69) is 208 Å². The minimum absolute atomic E-state index is 0.0200. The zero-order valence-corrected chi connectivity index (χ0v) is 35.6. The third-order valence-corrected chi connectivity index (χ3v) is 13.5. The molecule has 2 nitrogen and oxygen atoms in total. The molecule has 1 aromatic heterocycles. The van der Waals surface area contributed by atoms with Crippen LogP contribution in [0.5, 0.6) is 0 Å². The maximum Gasteiger partial charge on any atom is 0.143 e. The van der Waals surface area contributed by atoms with Gasteiger partial charge in [0.15, 0.2) is 0 Å². The molecule has 0 atom stereocenters. The maximum absolute atomic E-state index is 6.98. The first-order valence-corrected chi connectivity index (χ1v) is 21.1. The van der Waals surface area contributed by atoms with Crippen LogP contribution < -0.4 is 4.90 Å². The van der Waals surface area contributed by atoms with Crippen LogP contribution in [0.1, 0.15) is 107 Å². The van der Waals surface area contributed by atoms with Crippen molar-refractivity contribution in [3.05, 3.63) is 172 Å². The Bertz CT molecular complexity index is 2980. The summed E-state index contributed by atoms with van der Waals surface area (Å²) in [4.78, 5) is 2.54. The molecule has 0 radical (unpaired) electrons. The third kappa shape index (κ3) is 5.16. The SMILES string of the molecule is Cc1cccc(-c2cccc3c2oc2c(C(C)C)cccc23)c1N(c1ccc2c(c1)C(C)(C)c1ccccc1-2)c1ccc2c(c1)C(C)(C)c1cccc(C(C)(C)C)c1-2. The van der Waals surface area contributed by atoms with E-state index in [1.165, 1.54) is 66.6 Å². The van der Waals surface area contributed by atoms with Gasteiger partial charge in [0.05, 0.1) is 5.69 Å². The second-order valence-corrected chi connectivity index (χ2v) is 19.2. The molecule has 10 rings (SSSR count). The van der Waals surface area contributed by atoms with Crippen LogP contribution in [0.4, 0.5) is 17.1 Å². The number of para-hydroxylation sites is 3. The molecule has 0 N–H and O–H groups in total. The fourth-order valence-corrected chi connectivity index (χ4v) is 10.5. The van der Waals surface area contributed by atoms with Crippen molar-refractivity contribution in [2.75, 3.05) is 4.90 Å². The van der Waals surface area contributed by atoms with E-state index in [1.807, 2.05) is 0 Å². The fourth-order valence-electron chi connectivity index (χ4n) is 10.5. The van der Waals surface area contributed by atoms with Crippen LogP contribution in [0.3, 0.4) is 0 Å². The molecule has 0 saturated carbocycles. The maximum atomic E-state index is 6.98. The van der Waals surface area contributed by atoms with Gasteiger partial charge in [-0.25, -0.2) is 0 Å². The molecule has 0 bridgehead atoms. The van der Waals surface area contributed by atoms with Crippen molar-refractivity contribution in [3.63, 3.8) is 0 Å². The van der Waals surface area contributed by atoms with Crippen LogP contribution in [0, 0.1) is 6.92 Å². The fraction of sp³-hybridized carbons (Fsp3) is 0.250. The Hall–Kier alpha value is -5.86. The van der Waals surface area contributed by atoms with Crippen molar-refractivity contribution >= 4 is 39.0 Å². The van der Waals surface area contributed by atoms with Gasteiger partial charge >= 0.3 is 0 Å². The van der Waals surface area contributed by atoms with E-state index in [9.17, 15) is 0 Å². The molecule has 0 unspecified atom stereocenters. The highest BCUT2D eigenvalue weighted by molar-refractivity contribution is 6.12. The number of furan rings is 1. The Labute approximate surface area is 344 Å². The standard InChI is InChI=1S/C56H53NO/c1-33(2)37-19-14-22-42-43-23-15-21-41(53(43)58-52(37)42)40-20-13-17-34(3)51(40)57(35-27-29-39-38-18-11-12-24-45(38)55(7,8)48(39)31-35)36-28-30-44-49(32-36)56(9,10)47-26-16-25-46(50(44)47)54(4,5)6/h11-33H,1-10H3. The molecule has 0 spiro atoms. The predicted molar refractivity (Wildman–Crippen MR) is 246 cm³/mol. The number of fused-ring (bicyclic) bond motifs is 9. The molecule has 2 heteroatoms. The van der Waals surface area contributed by atoms with Gasteiger partial charge in [0.25, 0.3) is 0 Å². The van der Waals surface area contributed by atoms with Crippen LogP contribution in [-0.2, 0) is 16.2 Å². The summed E-state index contributed by atoms with van der Waals surface area (Å²) in [6, 6.07) is 50.3. The molecule has 7 aromatic carbocycles. The van der Waals surface area contributed by atoms with E-state index >= 15 is 0 Å². The lowest BCUT2D eigenvalue weighted by atomic mass is 9.79. The number of anilines is 3. The predicted octanol–water partition coefficient (Wildman–Crippen LogP) is 16.1. The van der Waals surface area contributed by atoms with E-state index in [0.717, 1.165) is 44.7 Å². The Balaban J connectivity index is 1.25. The topological polar surface area (TPSA) is 16.4 Å². The summed E-state index contributed by atoms with van der Waals surface area (Å²) in [6.07, 6.45) is 0. The van der Waals surface area contributed by atoms with Crippen molar-refractivity contribution in [2.45, 2.75) is 91.4 Å². The summed E-state index contributed by atoms with van der Waals surface area (Å²) in [6.45, 7) is 23.3. The molecule has 288 valence electrons. The van der Waals surface area contributed by atoms with Crippen LogP contribution in [0.25, 0.3) is 55.3 Å². The molecule has 58 heavy (non-hydrogen) atoms. The van der Waals surface area contributed by atoms with Crippen molar-refractivity contribution in [2.24, 2.45) is 0 Å². The summed E-state index contributed by atoms with van der Waals surface area (Å²) in [7, 11) is 0. The van der Waals surface area contributed by atoms with Crippen LogP contribution in [0.2, 0.25) is 0 Å². The summed E-state index contributed by atoms with van der Waals surface area (Å²) in [5.41, 5.74) is 22.1.